The molecule has 3 rings (SSSR count). The van der Waals surface area contributed by atoms with E-state index in [0.29, 0.717) is 18.2 Å². The number of halogens is 2. The van der Waals surface area contributed by atoms with E-state index in [-0.39, 0.29) is 5.82 Å². The van der Waals surface area contributed by atoms with E-state index in [1.165, 1.54) is 23.3 Å². The van der Waals surface area contributed by atoms with Crippen LogP contribution in [-0.4, -0.2) is 6.04 Å². The van der Waals surface area contributed by atoms with Gasteiger partial charge in [0, 0.05) is 18.2 Å². The van der Waals surface area contributed by atoms with Gasteiger partial charge >= 0.3 is 0 Å². The van der Waals surface area contributed by atoms with Gasteiger partial charge in [0.25, 0.3) is 0 Å². The highest BCUT2D eigenvalue weighted by atomic mass is 19.1. The second kappa shape index (κ2) is 5.71. The van der Waals surface area contributed by atoms with E-state index < -0.39 is 5.82 Å². The van der Waals surface area contributed by atoms with Crippen molar-refractivity contribution in [2.75, 3.05) is 0 Å². The van der Waals surface area contributed by atoms with Crippen molar-refractivity contribution in [3.8, 4) is 0 Å². The Morgan fingerprint density at radius 2 is 1.85 bits per heavy atom. The predicted molar refractivity (Wildman–Crippen MR) is 75.5 cm³/mol. The van der Waals surface area contributed by atoms with Crippen molar-refractivity contribution in [3.05, 3.63) is 70.8 Å². The number of hydrogen-bond donors (Lipinski definition) is 1. The zero-order valence-corrected chi connectivity index (χ0v) is 11.2. The molecule has 20 heavy (non-hydrogen) atoms. The molecule has 0 radical (unpaired) electrons. The summed E-state index contributed by atoms with van der Waals surface area (Å²) in [7, 11) is 0. The third-order valence-electron chi connectivity index (χ3n) is 3.94. The maximum atomic E-state index is 13.6. The first kappa shape index (κ1) is 13.3. The van der Waals surface area contributed by atoms with Crippen LogP contribution in [0.25, 0.3) is 0 Å². The number of benzene rings is 2. The summed E-state index contributed by atoms with van der Waals surface area (Å²) in [5, 5.41) is 3.34. The number of rotatable bonds is 3. The summed E-state index contributed by atoms with van der Waals surface area (Å²) in [4.78, 5) is 0. The second-order valence-electron chi connectivity index (χ2n) is 5.33. The molecule has 0 amide bonds. The fourth-order valence-electron chi connectivity index (χ4n) is 2.81. The van der Waals surface area contributed by atoms with Gasteiger partial charge in [-0.25, -0.2) is 8.78 Å². The molecule has 0 bridgehead atoms. The monoisotopic (exact) mass is 273 g/mol. The van der Waals surface area contributed by atoms with Gasteiger partial charge in [-0.3, -0.25) is 0 Å². The fraction of sp³-hybridized carbons (Fsp3) is 0.294. The van der Waals surface area contributed by atoms with Gasteiger partial charge in [-0.2, -0.15) is 0 Å². The van der Waals surface area contributed by atoms with Crippen LogP contribution in [0.15, 0.2) is 42.5 Å². The molecule has 1 atom stereocenters. The van der Waals surface area contributed by atoms with Crippen molar-refractivity contribution < 1.29 is 8.78 Å². The van der Waals surface area contributed by atoms with Crippen molar-refractivity contribution in [2.24, 2.45) is 0 Å². The maximum absolute atomic E-state index is 13.6. The molecule has 1 nitrogen and oxygen atoms in total. The summed E-state index contributed by atoms with van der Waals surface area (Å²) in [5.74, 6) is -0.743. The van der Waals surface area contributed by atoms with E-state index in [2.05, 4.69) is 23.5 Å². The van der Waals surface area contributed by atoms with Crippen molar-refractivity contribution in [3.63, 3.8) is 0 Å². The standard InChI is InChI=1S/C17H17F2N/c18-15-6-8-17(19)14(9-15)11-20-16-7-5-12-3-1-2-4-13(12)10-16/h1-4,6,8-9,16,20H,5,7,10-11H2. The average molecular weight is 273 g/mol. The highest BCUT2D eigenvalue weighted by Gasteiger charge is 2.18. The summed E-state index contributed by atoms with van der Waals surface area (Å²) in [6.45, 7) is 0.371. The van der Waals surface area contributed by atoms with Gasteiger partial charge in [0.05, 0.1) is 0 Å². The lowest BCUT2D eigenvalue weighted by atomic mass is 9.88. The van der Waals surface area contributed by atoms with Crippen LogP contribution in [0.5, 0.6) is 0 Å². The van der Waals surface area contributed by atoms with Gasteiger partial charge < -0.3 is 5.32 Å². The number of fused-ring (bicyclic) bond motifs is 1. The normalized spacial score (nSPS) is 17.8. The first-order chi connectivity index (χ1) is 9.72. The maximum Gasteiger partial charge on any atom is 0.127 e. The van der Waals surface area contributed by atoms with Gasteiger partial charge in [-0.1, -0.05) is 24.3 Å². The van der Waals surface area contributed by atoms with Crippen LogP contribution >= 0.6 is 0 Å². The minimum Gasteiger partial charge on any atom is -0.309 e. The van der Waals surface area contributed by atoms with Gasteiger partial charge in [-0.05, 0) is 48.6 Å². The molecule has 1 N–H and O–H groups in total. The van der Waals surface area contributed by atoms with Crippen LogP contribution in [0.4, 0.5) is 8.78 Å². The van der Waals surface area contributed by atoms with Crippen LogP contribution in [0.3, 0.4) is 0 Å². The predicted octanol–water partition coefficient (Wildman–Crippen LogP) is 3.61. The molecule has 0 aromatic heterocycles. The SMILES string of the molecule is Fc1ccc(F)c(CNC2CCc3ccccc3C2)c1. The lowest BCUT2D eigenvalue weighted by Crippen LogP contribution is -2.34. The molecule has 3 heteroatoms. The quantitative estimate of drug-likeness (QED) is 0.900. The molecule has 0 fully saturated rings. The minimum absolute atomic E-state index is 0.326. The number of aryl methyl sites for hydroxylation is 1. The molecular formula is C17H17F2N. The van der Waals surface area contributed by atoms with E-state index in [0.717, 1.165) is 25.3 Å². The Hall–Kier alpha value is -1.74. The van der Waals surface area contributed by atoms with Gasteiger partial charge in [0.2, 0.25) is 0 Å². The highest BCUT2D eigenvalue weighted by molar-refractivity contribution is 5.30. The molecule has 2 aromatic rings. The van der Waals surface area contributed by atoms with Crippen LogP contribution < -0.4 is 5.32 Å². The number of nitrogens with one attached hydrogen (secondary N) is 1. The molecule has 104 valence electrons. The zero-order chi connectivity index (χ0) is 13.9. The Labute approximate surface area is 117 Å². The molecule has 1 aliphatic carbocycles. The molecule has 1 unspecified atom stereocenters. The first-order valence-corrected chi connectivity index (χ1v) is 6.96. The van der Waals surface area contributed by atoms with Crippen LogP contribution in [0.2, 0.25) is 0 Å². The van der Waals surface area contributed by atoms with E-state index in [9.17, 15) is 8.78 Å². The third kappa shape index (κ3) is 2.88. The Morgan fingerprint density at radius 1 is 1.05 bits per heavy atom. The smallest absolute Gasteiger partial charge is 0.127 e. The molecular weight excluding hydrogens is 256 g/mol. The highest BCUT2D eigenvalue weighted by Crippen LogP contribution is 2.21. The summed E-state index contributed by atoms with van der Waals surface area (Å²) >= 11 is 0. The Balaban J connectivity index is 1.64. The van der Waals surface area contributed by atoms with E-state index >= 15 is 0 Å². The number of hydrogen-bond acceptors (Lipinski definition) is 1. The van der Waals surface area contributed by atoms with Gasteiger partial charge in [0.15, 0.2) is 0 Å². The van der Waals surface area contributed by atoms with Crippen LogP contribution in [0.1, 0.15) is 23.1 Å². The summed E-state index contributed by atoms with van der Waals surface area (Å²) in [6, 6.07) is 12.3. The van der Waals surface area contributed by atoms with Gasteiger partial charge in [0.1, 0.15) is 11.6 Å². The van der Waals surface area contributed by atoms with Crippen molar-refractivity contribution in [1.29, 1.82) is 0 Å². The second-order valence-corrected chi connectivity index (χ2v) is 5.33. The molecule has 2 aromatic carbocycles. The third-order valence-corrected chi connectivity index (χ3v) is 3.94. The molecule has 0 spiro atoms. The molecule has 1 aliphatic rings. The Kier molecular flexibility index (Phi) is 3.79. The summed E-state index contributed by atoms with van der Waals surface area (Å²) < 4.78 is 26.7. The average Bonchev–Trinajstić information content (AvgIpc) is 2.48. The van der Waals surface area contributed by atoms with Crippen molar-refractivity contribution in [2.45, 2.75) is 31.8 Å². The largest absolute Gasteiger partial charge is 0.309 e. The van der Waals surface area contributed by atoms with Crippen LogP contribution in [-0.2, 0) is 19.4 Å². The topological polar surface area (TPSA) is 12.0 Å². The summed E-state index contributed by atoms with van der Waals surface area (Å²) in [6.07, 6.45) is 3.03. The molecule has 0 saturated carbocycles. The molecule has 0 aliphatic heterocycles. The summed E-state index contributed by atoms with van der Waals surface area (Å²) in [5.41, 5.74) is 3.15. The van der Waals surface area contributed by atoms with E-state index in [1.807, 2.05) is 6.07 Å². The van der Waals surface area contributed by atoms with Gasteiger partial charge in [-0.15, -0.1) is 0 Å². The van der Waals surface area contributed by atoms with Crippen molar-refractivity contribution >= 4 is 0 Å². The minimum atomic E-state index is -0.391. The van der Waals surface area contributed by atoms with Crippen LogP contribution in [0, 0.1) is 11.6 Å². The zero-order valence-electron chi connectivity index (χ0n) is 11.2. The lowest BCUT2D eigenvalue weighted by molar-refractivity contribution is 0.450. The fourth-order valence-corrected chi connectivity index (χ4v) is 2.81. The molecule has 0 saturated heterocycles. The Bertz CT molecular complexity index is 610. The Morgan fingerprint density at radius 3 is 2.70 bits per heavy atom. The van der Waals surface area contributed by atoms with E-state index in [1.54, 1.807) is 0 Å². The first-order valence-electron chi connectivity index (χ1n) is 6.96. The van der Waals surface area contributed by atoms with Crippen molar-refractivity contribution in [1.82, 2.24) is 5.32 Å². The van der Waals surface area contributed by atoms with E-state index in [4.69, 9.17) is 0 Å². The molecule has 0 heterocycles. The lowest BCUT2D eigenvalue weighted by Gasteiger charge is -2.25.